The van der Waals surface area contributed by atoms with Gasteiger partial charge >= 0.3 is 0 Å². The van der Waals surface area contributed by atoms with Crippen LogP contribution in [0.5, 0.6) is 0 Å². The molecule has 2 fully saturated rings. The number of nitrogens with two attached hydrogens (primary N) is 1. The highest BCUT2D eigenvalue weighted by Gasteiger charge is 2.42. The van der Waals surface area contributed by atoms with Gasteiger partial charge in [-0.2, -0.15) is 0 Å². The average molecular weight is 411 g/mol. The number of rotatable bonds is 3. The molecule has 0 atom stereocenters. The van der Waals surface area contributed by atoms with Crippen LogP contribution in [0.3, 0.4) is 0 Å². The molecular formula is C17H26Cl3N3O2. The van der Waals surface area contributed by atoms with Crippen molar-refractivity contribution >= 4 is 48.0 Å². The van der Waals surface area contributed by atoms with Crippen LogP contribution in [-0.4, -0.2) is 56.7 Å². The minimum absolute atomic E-state index is 0. The summed E-state index contributed by atoms with van der Waals surface area (Å²) in [5.41, 5.74) is 6.69. The van der Waals surface area contributed by atoms with Gasteiger partial charge in [0, 0.05) is 56.6 Å². The van der Waals surface area contributed by atoms with Crippen molar-refractivity contribution in [3.63, 3.8) is 0 Å². The molecule has 5 nitrogen and oxygen atoms in total. The molecule has 8 heteroatoms. The van der Waals surface area contributed by atoms with Gasteiger partial charge in [-0.25, -0.2) is 0 Å². The van der Waals surface area contributed by atoms with E-state index in [1.54, 1.807) is 0 Å². The quantitative estimate of drug-likeness (QED) is 0.832. The van der Waals surface area contributed by atoms with E-state index in [9.17, 15) is 4.79 Å². The third-order valence-corrected chi connectivity index (χ3v) is 5.30. The van der Waals surface area contributed by atoms with E-state index in [0.717, 1.165) is 49.7 Å². The standard InChI is InChI=1S/C17H24ClN3O2.2ClH/c18-14-1-3-15(4-2-14)20-7-9-21(10-8-20)16(22)17(13-19)5-11-23-12-6-17;;/h1-4H,5-13,19H2;2*1H. The number of benzene rings is 1. The maximum Gasteiger partial charge on any atom is 0.230 e. The number of carbonyl (C=O) groups is 1. The summed E-state index contributed by atoms with van der Waals surface area (Å²) in [5.74, 6) is 0.207. The van der Waals surface area contributed by atoms with Crippen LogP contribution in [-0.2, 0) is 9.53 Å². The van der Waals surface area contributed by atoms with Crippen LogP contribution < -0.4 is 10.6 Å². The number of amides is 1. The number of anilines is 1. The van der Waals surface area contributed by atoms with Gasteiger partial charge in [0.05, 0.1) is 5.41 Å². The van der Waals surface area contributed by atoms with E-state index in [2.05, 4.69) is 4.90 Å². The zero-order chi connectivity index (χ0) is 16.3. The lowest BCUT2D eigenvalue weighted by Gasteiger charge is -2.42. The zero-order valence-corrected chi connectivity index (χ0v) is 16.5. The van der Waals surface area contributed by atoms with Crippen LogP contribution in [0.2, 0.25) is 5.02 Å². The fourth-order valence-electron chi connectivity index (χ4n) is 3.42. The van der Waals surface area contributed by atoms with Crippen molar-refractivity contribution in [1.29, 1.82) is 0 Å². The molecule has 0 spiro atoms. The Morgan fingerprint density at radius 2 is 1.64 bits per heavy atom. The van der Waals surface area contributed by atoms with Crippen molar-refractivity contribution in [3.05, 3.63) is 29.3 Å². The number of hydrogen-bond donors (Lipinski definition) is 1. The second kappa shape index (κ2) is 9.83. The van der Waals surface area contributed by atoms with E-state index in [0.29, 0.717) is 19.8 Å². The molecule has 0 radical (unpaired) electrons. The van der Waals surface area contributed by atoms with Gasteiger partial charge < -0.3 is 20.3 Å². The van der Waals surface area contributed by atoms with Gasteiger partial charge in [0.2, 0.25) is 5.91 Å². The predicted octanol–water partition coefficient (Wildman–Crippen LogP) is 2.59. The molecule has 2 N–H and O–H groups in total. The molecular weight excluding hydrogens is 385 g/mol. The predicted molar refractivity (Wildman–Crippen MR) is 106 cm³/mol. The van der Waals surface area contributed by atoms with E-state index in [-0.39, 0.29) is 30.7 Å². The van der Waals surface area contributed by atoms with Crippen LogP contribution in [0.15, 0.2) is 24.3 Å². The molecule has 0 bridgehead atoms. The third-order valence-electron chi connectivity index (χ3n) is 5.05. The minimum Gasteiger partial charge on any atom is -0.381 e. The van der Waals surface area contributed by atoms with Gasteiger partial charge in [0.15, 0.2) is 0 Å². The van der Waals surface area contributed by atoms with E-state index in [1.807, 2.05) is 29.2 Å². The Labute approximate surface area is 166 Å². The number of carbonyl (C=O) groups excluding carboxylic acids is 1. The molecule has 2 saturated heterocycles. The smallest absolute Gasteiger partial charge is 0.230 e. The minimum atomic E-state index is -0.416. The van der Waals surface area contributed by atoms with Crippen molar-refractivity contribution in [2.45, 2.75) is 12.8 Å². The highest BCUT2D eigenvalue weighted by molar-refractivity contribution is 6.30. The van der Waals surface area contributed by atoms with E-state index >= 15 is 0 Å². The Balaban J connectivity index is 0.00000156. The molecule has 1 aromatic carbocycles. The summed E-state index contributed by atoms with van der Waals surface area (Å²) in [4.78, 5) is 17.2. The average Bonchev–Trinajstić information content (AvgIpc) is 2.62. The van der Waals surface area contributed by atoms with Crippen molar-refractivity contribution in [3.8, 4) is 0 Å². The second-order valence-electron chi connectivity index (χ2n) is 6.35. The molecule has 0 aliphatic carbocycles. The maximum absolute atomic E-state index is 12.9. The highest BCUT2D eigenvalue weighted by Crippen LogP contribution is 2.32. The molecule has 2 heterocycles. The maximum atomic E-state index is 12.9. The Kier molecular flexibility index (Phi) is 8.78. The van der Waals surface area contributed by atoms with Gasteiger partial charge in [0.1, 0.15) is 0 Å². The SMILES string of the molecule is Cl.Cl.NCC1(C(=O)N2CCN(c3ccc(Cl)cc3)CC2)CCOCC1. The van der Waals surface area contributed by atoms with Crippen LogP contribution in [0, 0.1) is 5.41 Å². The van der Waals surface area contributed by atoms with Gasteiger partial charge in [-0.15, -0.1) is 24.8 Å². The highest BCUT2D eigenvalue weighted by atomic mass is 35.5. The first kappa shape index (κ1) is 22.3. The number of ether oxygens (including phenoxy) is 1. The summed E-state index contributed by atoms with van der Waals surface area (Å²) < 4.78 is 5.40. The fourth-order valence-corrected chi connectivity index (χ4v) is 3.55. The van der Waals surface area contributed by atoms with E-state index in [1.165, 1.54) is 0 Å². The summed E-state index contributed by atoms with van der Waals surface area (Å²) in [6.07, 6.45) is 1.47. The molecule has 0 unspecified atom stereocenters. The lowest BCUT2D eigenvalue weighted by Crippen LogP contribution is -2.56. The summed E-state index contributed by atoms with van der Waals surface area (Å²) in [6.45, 7) is 4.83. The monoisotopic (exact) mass is 409 g/mol. The van der Waals surface area contributed by atoms with Crippen LogP contribution in [0.4, 0.5) is 5.69 Å². The van der Waals surface area contributed by atoms with Crippen molar-refractivity contribution in [1.82, 2.24) is 4.90 Å². The first-order chi connectivity index (χ1) is 11.1. The molecule has 1 amide bonds. The molecule has 25 heavy (non-hydrogen) atoms. The number of piperazine rings is 1. The van der Waals surface area contributed by atoms with Gasteiger partial charge in [-0.1, -0.05) is 11.6 Å². The molecule has 0 aromatic heterocycles. The van der Waals surface area contributed by atoms with Crippen LogP contribution in [0.25, 0.3) is 0 Å². The normalized spacial score (nSPS) is 19.6. The Morgan fingerprint density at radius 1 is 1.08 bits per heavy atom. The topological polar surface area (TPSA) is 58.8 Å². The van der Waals surface area contributed by atoms with Gasteiger partial charge in [-0.05, 0) is 37.1 Å². The van der Waals surface area contributed by atoms with Crippen LogP contribution >= 0.6 is 36.4 Å². The van der Waals surface area contributed by atoms with Crippen LogP contribution in [0.1, 0.15) is 12.8 Å². The number of nitrogens with zero attached hydrogens (tertiary/aromatic N) is 2. The van der Waals surface area contributed by atoms with Gasteiger partial charge in [-0.3, -0.25) is 4.79 Å². The number of halogens is 3. The summed E-state index contributed by atoms with van der Waals surface area (Å²) in [7, 11) is 0. The molecule has 0 saturated carbocycles. The fraction of sp³-hybridized carbons (Fsp3) is 0.588. The molecule has 3 rings (SSSR count). The van der Waals surface area contributed by atoms with E-state index in [4.69, 9.17) is 22.1 Å². The second-order valence-corrected chi connectivity index (χ2v) is 6.79. The first-order valence-corrected chi connectivity index (χ1v) is 8.60. The zero-order valence-electron chi connectivity index (χ0n) is 14.2. The van der Waals surface area contributed by atoms with E-state index < -0.39 is 5.41 Å². The molecule has 142 valence electrons. The summed E-state index contributed by atoms with van der Waals surface area (Å²) in [5, 5.41) is 0.743. The van der Waals surface area contributed by atoms with Crippen molar-refractivity contribution < 1.29 is 9.53 Å². The lowest BCUT2D eigenvalue weighted by molar-refractivity contribution is -0.147. The Morgan fingerprint density at radius 3 is 2.16 bits per heavy atom. The largest absolute Gasteiger partial charge is 0.381 e. The number of hydrogen-bond acceptors (Lipinski definition) is 4. The summed E-state index contributed by atoms with van der Waals surface area (Å²) >= 11 is 5.94. The summed E-state index contributed by atoms with van der Waals surface area (Å²) in [6, 6.07) is 7.86. The lowest BCUT2D eigenvalue weighted by atomic mass is 9.78. The van der Waals surface area contributed by atoms with Crippen molar-refractivity contribution in [2.75, 3.05) is 50.8 Å². The Bertz CT molecular complexity index is 543. The Hall–Kier alpha value is -0.720. The molecule has 2 aliphatic heterocycles. The van der Waals surface area contributed by atoms with Crippen molar-refractivity contribution in [2.24, 2.45) is 11.1 Å². The molecule has 1 aromatic rings. The molecule has 2 aliphatic rings. The van der Waals surface area contributed by atoms with Gasteiger partial charge in [0.25, 0.3) is 0 Å². The third kappa shape index (κ3) is 4.92. The first-order valence-electron chi connectivity index (χ1n) is 8.22.